The van der Waals surface area contributed by atoms with E-state index in [1.165, 1.54) is 12.8 Å². The minimum Gasteiger partial charge on any atom is -0.317 e. The summed E-state index contributed by atoms with van der Waals surface area (Å²) in [6.45, 7) is 3.57. The van der Waals surface area contributed by atoms with E-state index in [4.69, 9.17) is 0 Å². The van der Waals surface area contributed by atoms with Crippen molar-refractivity contribution in [2.24, 2.45) is 5.41 Å². The molecule has 0 atom stereocenters. The standard InChI is InChI=1S/C9H17FN2/c10-12-7-3-9(4-8-12)1-5-11-6-2-9/h11H,1-8H2. The second-order valence-corrected chi connectivity index (χ2v) is 4.16. The Balaban J connectivity index is 1.92. The van der Waals surface area contributed by atoms with Crippen molar-refractivity contribution in [2.75, 3.05) is 26.2 Å². The lowest BCUT2D eigenvalue weighted by Crippen LogP contribution is -2.43. The van der Waals surface area contributed by atoms with Crippen LogP contribution >= 0.6 is 0 Å². The fourth-order valence-electron chi connectivity index (χ4n) is 2.41. The van der Waals surface area contributed by atoms with Gasteiger partial charge in [0.1, 0.15) is 0 Å². The van der Waals surface area contributed by atoms with Crippen LogP contribution in [0, 0.1) is 5.41 Å². The summed E-state index contributed by atoms with van der Waals surface area (Å²) < 4.78 is 12.7. The summed E-state index contributed by atoms with van der Waals surface area (Å²) in [5.74, 6) is 0. The van der Waals surface area contributed by atoms with E-state index in [9.17, 15) is 4.48 Å². The van der Waals surface area contributed by atoms with E-state index in [-0.39, 0.29) is 0 Å². The molecule has 2 nitrogen and oxygen atoms in total. The summed E-state index contributed by atoms with van der Waals surface area (Å²) in [5.41, 5.74) is 0.494. The highest BCUT2D eigenvalue weighted by Crippen LogP contribution is 2.39. The van der Waals surface area contributed by atoms with E-state index in [2.05, 4.69) is 5.32 Å². The smallest absolute Gasteiger partial charge is 0.0295 e. The molecule has 2 rings (SSSR count). The SMILES string of the molecule is FN1CCC2(CCNCC2)CC1. The van der Waals surface area contributed by atoms with E-state index in [1.807, 2.05) is 0 Å². The highest BCUT2D eigenvalue weighted by Gasteiger charge is 2.35. The van der Waals surface area contributed by atoms with Crippen molar-refractivity contribution in [3.63, 3.8) is 0 Å². The Bertz CT molecular complexity index is 145. The maximum absolute atomic E-state index is 12.7. The van der Waals surface area contributed by atoms with Gasteiger partial charge in [0.15, 0.2) is 0 Å². The summed E-state index contributed by atoms with van der Waals surface area (Å²) >= 11 is 0. The van der Waals surface area contributed by atoms with E-state index in [0.29, 0.717) is 18.5 Å². The van der Waals surface area contributed by atoms with Gasteiger partial charge >= 0.3 is 0 Å². The number of halogens is 1. The molecule has 12 heavy (non-hydrogen) atoms. The Labute approximate surface area is 73.1 Å². The van der Waals surface area contributed by atoms with Crippen molar-refractivity contribution in [2.45, 2.75) is 25.7 Å². The van der Waals surface area contributed by atoms with E-state index in [0.717, 1.165) is 31.1 Å². The number of piperidine rings is 2. The number of nitrogens with one attached hydrogen (secondary N) is 1. The Morgan fingerprint density at radius 3 is 2.17 bits per heavy atom. The Morgan fingerprint density at radius 1 is 1.00 bits per heavy atom. The van der Waals surface area contributed by atoms with Crippen LogP contribution in [0.15, 0.2) is 0 Å². The van der Waals surface area contributed by atoms with Crippen molar-refractivity contribution in [3.05, 3.63) is 0 Å². The number of rotatable bonds is 0. The fraction of sp³-hybridized carbons (Fsp3) is 1.00. The van der Waals surface area contributed by atoms with Crippen LogP contribution in [0.4, 0.5) is 4.48 Å². The van der Waals surface area contributed by atoms with Crippen molar-refractivity contribution in [1.29, 1.82) is 0 Å². The van der Waals surface area contributed by atoms with Gasteiger partial charge in [0.2, 0.25) is 0 Å². The van der Waals surface area contributed by atoms with E-state index >= 15 is 0 Å². The Morgan fingerprint density at radius 2 is 1.58 bits per heavy atom. The average molecular weight is 172 g/mol. The summed E-state index contributed by atoms with van der Waals surface area (Å²) in [6, 6.07) is 0. The van der Waals surface area contributed by atoms with Crippen LogP contribution in [-0.4, -0.2) is 31.3 Å². The predicted molar refractivity (Wildman–Crippen MR) is 46.5 cm³/mol. The third-order valence-corrected chi connectivity index (χ3v) is 3.43. The molecule has 2 saturated heterocycles. The molecule has 0 aromatic rings. The van der Waals surface area contributed by atoms with Crippen LogP contribution in [0.2, 0.25) is 0 Å². The minimum absolute atomic E-state index is 0.494. The maximum atomic E-state index is 12.7. The lowest BCUT2D eigenvalue weighted by atomic mass is 9.72. The second-order valence-electron chi connectivity index (χ2n) is 4.16. The van der Waals surface area contributed by atoms with Crippen LogP contribution < -0.4 is 5.32 Å². The van der Waals surface area contributed by atoms with E-state index < -0.39 is 0 Å². The lowest BCUT2D eigenvalue weighted by Gasteiger charge is -2.42. The van der Waals surface area contributed by atoms with Crippen LogP contribution in [-0.2, 0) is 0 Å². The first-order chi connectivity index (χ1) is 5.81. The van der Waals surface area contributed by atoms with Crippen LogP contribution in [0.5, 0.6) is 0 Å². The van der Waals surface area contributed by atoms with Gasteiger partial charge in [-0.1, -0.05) is 0 Å². The molecule has 2 aliphatic rings. The molecule has 3 heteroatoms. The van der Waals surface area contributed by atoms with E-state index in [1.54, 1.807) is 0 Å². The first-order valence-electron chi connectivity index (χ1n) is 4.92. The van der Waals surface area contributed by atoms with Gasteiger partial charge in [0.05, 0.1) is 0 Å². The summed E-state index contributed by atoms with van der Waals surface area (Å²) in [7, 11) is 0. The van der Waals surface area contributed by atoms with Gasteiger partial charge < -0.3 is 5.32 Å². The zero-order valence-corrected chi connectivity index (χ0v) is 7.48. The monoisotopic (exact) mass is 172 g/mol. The number of nitrogens with zero attached hydrogens (tertiary/aromatic N) is 1. The molecule has 0 aliphatic carbocycles. The lowest BCUT2D eigenvalue weighted by molar-refractivity contribution is -0.0439. The van der Waals surface area contributed by atoms with Crippen LogP contribution in [0.25, 0.3) is 0 Å². The molecule has 0 bridgehead atoms. The fourth-order valence-corrected chi connectivity index (χ4v) is 2.41. The third-order valence-electron chi connectivity index (χ3n) is 3.43. The minimum atomic E-state index is 0.494. The molecular weight excluding hydrogens is 155 g/mol. The highest BCUT2D eigenvalue weighted by atomic mass is 19.2. The van der Waals surface area contributed by atoms with Crippen LogP contribution in [0.3, 0.4) is 0 Å². The molecule has 1 spiro atoms. The summed E-state index contributed by atoms with van der Waals surface area (Å²) in [4.78, 5) is 0. The van der Waals surface area contributed by atoms with Gasteiger partial charge in [-0.2, -0.15) is 0 Å². The van der Waals surface area contributed by atoms with Gasteiger partial charge in [-0.05, 0) is 44.2 Å². The molecule has 0 aromatic carbocycles. The third kappa shape index (κ3) is 1.62. The summed E-state index contributed by atoms with van der Waals surface area (Å²) in [6.07, 6.45) is 4.62. The van der Waals surface area contributed by atoms with Gasteiger partial charge in [0.25, 0.3) is 0 Å². The van der Waals surface area contributed by atoms with Crippen molar-refractivity contribution in [3.8, 4) is 0 Å². The molecule has 2 fully saturated rings. The van der Waals surface area contributed by atoms with Gasteiger partial charge in [0, 0.05) is 13.1 Å². The Kier molecular flexibility index (Phi) is 2.33. The molecule has 0 unspecified atom stereocenters. The van der Waals surface area contributed by atoms with Gasteiger partial charge in [-0.3, -0.25) is 0 Å². The zero-order valence-electron chi connectivity index (χ0n) is 7.48. The number of hydrogen-bond donors (Lipinski definition) is 1. The summed E-state index contributed by atoms with van der Waals surface area (Å²) in [5, 5.41) is 4.33. The molecule has 2 heterocycles. The predicted octanol–water partition coefficient (Wildman–Crippen LogP) is 1.34. The topological polar surface area (TPSA) is 15.3 Å². The first kappa shape index (κ1) is 8.45. The average Bonchev–Trinajstić information content (AvgIpc) is 2.13. The molecule has 1 N–H and O–H groups in total. The molecule has 70 valence electrons. The first-order valence-corrected chi connectivity index (χ1v) is 4.92. The normalized spacial score (nSPS) is 30.8. The maximum Gasteiger partial charge on any atom is 0.0295 e. The zero-order chi connectivity index (χ0) is 8.44. The van der Waals surface area contributed by atoms with Crippen molar-refractivity contribution in [1.82, 2.24) is 10.4 Å². The van der Waals surface area contributed by atoms with Crippen molar-refractivity contribution >= 4 is 0 Å². The van der Waals surface area contributed by atoms with Crippen molar-refractivity contribution < 1.29 is 4.48 Å². The molecule has 0 amide bonds. The molecule has 2 aliphatic heterocycles. The molecule has 0 aromatic heterocycles. The van der Waals surface area contributed by atoms with Gasteiger partial charge in [-0.25, -0.2) is 0 Å². The highest BCUT2D eigenvalue weighted by molar-refractivity contribution is 4.88. The quantitative estimate of drug-likeness (QED) is 0.555. The molecule has 0 saturated carbocycles. The largest absolute Gasteiger partial charge is 0.317 e. The molecular formula is C9H17FN2. The number of hydrogen-bond acceptors (Lipinski definition) is 2. The van der Waals surface area contributed by atoms with Gasteiger partial charge in [-0.15, -0.1) is 9.60 Å². The Hall–Kier alpha value is -0.150. The molecule has 0 radical (unpaired) electrons. The van der Waals surface area contributed by atoms with Crippen LogP contribution in [0.1, 0.15) is 25.7 Å². The second kappa shape index (κ2) is 3.30.